The van der Waals surface area contributed by atoms with E-state index in [4.69, 9.17) is 0 Å². The van der Waals surface area contributed by atoms with Crippen molar-refractivity contribution in [1.82, 2.24) is 10.2 Å². The van der Waals surface area contributed by atoms with Gasteiger partial charge in [0.1, 0.15) is 0 Å². The minimum Gasteiger partial charge on any atom is -0.353 e. The van der Waals surface area contributed by atoms with Crippen LogP contribution >= 0.6 is 0 Å². The van der Waals surface area contributed by atoms with Gasteiger partial charge in [-0.3, -0.25) is 4.79 Å². The number of piperidine rings is 1. The number of aryl methyl sites for hydroxylation is 1. The first-order valence-corrected chi connectivity index (χ1v) is 11.0. The van der Waals surface area contributed by atoms with Gasteiger partial charge in [-0.05, 0) is 57.1 Å². The van der Waals surface area contributed by atoms with Crippen LogP contribution in [0.4, 0.5) is 10.5 Å². The lowest BCUT2D eigenvalue weighted by molar-refractivity contribution is -0.122. The summed E-state index contributed by atoms with van der Waals surface area (Å²) < 4.78 is 0. The van der Waals surface area contributed by atoms with Crippen molar-refractivity contribution in [1.29, 1.82) is 0 Å². The first-order chi connectivity index (χ1) is 13.6. The lowest BCUT2D eigenvalue weighted by Crippen LogP contribution is -2.42. The first kappa shape index (κ1) is 20.7. The molecule has 0 radical (unpaired) electrons. The highest BCUT2D eigenvalue weighted by atomic mass is 16.2. The van der Waals surface area contributed by atoms with Crippen molar-refractivity contribution in [3.05, 3.63) is 29.8 Å². The van der Waals surface area contributed by atoms with E-state index in [0.29, 0.717) is 18.4 Å². The van der Waals surface area contributed by atoms with E-state index in [1.165, 1.54) is 31.2 Å². The van der Waals surface area contributed by atoms with Crippen LogP contribution in [0.5, 0.6) is 0 Å². The van der Waals surface area contributed by atoms with Crippen molar-refractivity contribution in [3.63, 3.8) is 0 Å². The van der Waals surface area contributed by atoms with Crippen LogP contribution in [-0.4, -0.2) is 36.0 Å². The van der Waals surface area contributed by atoms with Crippen LogP contribution in [-0.2, 0) is 4.79 Å². The largest absolute Gasteiger partial charge is 0.353 e. The monoisotopic (exact) mass is 385 g/mol. The summed E-state index contributed by atoms with van der Waals surface area (Å²) in [6, 6.07) is 8.22. The van der Waals surface area contributed by atoms with Crippen molar-refractivity contribution in [2.75, 3.05) is 18.4 Å². The van der Waals surface area contributed by atoms with Crippen LogP contribution in [0.15, 0.2) is 24.3 Å². The number of rotatable bonds is 5. The number of benzene rings is 1. The van der Waals surface area contributed by atoms with Crippen molar-refractivity contribution < 1.29 is 9.59 Å². The van der Waals surface area contributed by atoms with E-state index >= 15 is 0 Å². The number of nitrogens with one attached hydrogen (secondary N) is 2. The van der Waals surface area contributed by atoms with Gasteiger partial charge in [-0.2, -0.15) is 0 Å². The van der Waals surface area contributed by atoms with Gasteiger partial charge in [-0.1, -0.05) is 43.4 Å². The summed E-state index contributed by atoms with van der Waals surface area (Å²) in [5, 5.41) is 6.23. The van der Waals surface area contributed by atoms with E-state index in [2.05, 4.69) is 10.6 Å². The second-order valence-electron chi connectivity index (χ2n) is 8.55. The molecular formula is C23H35N3O2. The fraction of sp³-hybridized carbons (Fsp3) is 0.652. The third kappa shape index (κ3) is 6.54. The maximum Gasteiger partial charge on any atom is 0.321 e. The van der Waals surface area contributed by atoms with E-state index < -0.39 is 0 Å². The molecule has 2 fully saturated rings. The molecule has 1 heterocycles. The Morgan fingerprint density at radius 1 is 1.00 bits per heavy atom. The molecule has 0 unspecified atom stereocenters. The van der Waals surface area contributed by atoms with Crippen LogP contribution in [0.2, 0.25) is 0 Å². The number of carbonyl (C=O) groups excluding carboxylic acids is 2. The molecule has 1 atom stereocenters. The summed E-state index contributed by atoms with van der Waals surface area (Å²) in [4.78, 5) is 26.8. The van der Waals surface area contributed by atoms with Gasteiger partial charge in [0, 0.05) is 31.2 Å². The lowest BCUT2D eigenvalue weighted by Gasteiger charge is -2.33. The topological polar surface area (TPSA) is 61.4 Å². The molecule has 1 aromatic carbocycles. The van der Waals surface area contributed by atoms with Gasteiger partial charge in [-0.15, -0.1) is 0 Å². The Bertz CT molecular complexity index is 636. The Morgan fingerprint density at radius 2 is 1.71 bits per heavy atom. The number of carbonyl (C=O) groups is 2. The highest BCUT2D eigenvalue weighted by Crippen LogP contribution is 2.23. The van der Waals surface area contributed by atoms with E-state index in [9.17, 15) is 9.59 Å². The SMILES string of the molecule is Cc1ccc(NC(=O)N2CCC[C@@H](CCC(=O)NC3CCCCCC3)C2)cc1. The molecule has 0 aromatic heterocycles. The molecule has 28 heavy (non-hydrogen) atoms. The van der Waals surface area contributed by atoms with Crippen LogP contribution in [0.1, 0.15) is 69.8 Å². The third-order valence-corrected chi connectivity index (χ3v) is 6.11. The Labute approximate surface area is 169 Å². The lowest BCUT2D eigenvalue weighted by atomic mass is 9.93. The number of nitrogens with zero attached hydrogens (tertiary/aromatic N) is 1. The van der Waals surface area contributed by atoms with E-state index in [0.717, 1.165) is 50.9 Å². The Balaban J connectivity index is 1.40. The van der Waals surface area contributed by atoms with Crippen molar-refractivity contribution in [2.24, 2.45) is 5.92 Å². The summed E-state index contributed by atoms with van der Waals surface area (Å²) in [6.07, 6.45) is 10.9. The molecule has 5 heteroatoms. The molecule has 2 N–H and O–H groups in total. The molecule has 3 amide bonds. The summed E-state index contributed by atoms with van der Waals surface area (Å²) in [6.45, 7) is 3.57. The van der Waals surface area contributed by atoms with Crippen LogP contribution in [0, 0.1) is 12.8 Å². The van der Waals surface area contributed by atoms with Crippen LogP contribution in [0.3, 0.4) is 0 Å². The number of urea groups is 1. The zero-order valence-corrected chi connectivity index (χ0v) is 17.2. The molecule has 0 spiro atoms. The molecular weight excluding hydrogens is 350 g/mol. The fourth-order valence-corrected chi connectivity index (χ4v) is 4.38. The minimum absolute atomic E-state index is 0.0311. The number of amides is 3. The smallest absolute Gasteiger partial charge is 0.321 e. The highest BCUT2D eigenvalue weighted by molar-refractivity contribution is 5.89. The quantitative estimate of drug-likeness (QED) is 0.711. The number of hydrogen-bond donors (Lipinski definition) is 2. The molecule has 2 aliphatic rings. The second kappa shape index (κ2) is 10.5. The standard InChI is InChI=1S/C23H35N3O2/c1-18-10-13-21(14-11-18)25-23(28)26-16-6-7-19(17-26)12-15-22(27)24-20-8-4-2-3-5-9-20/h10-11,13-14,19-20H,2-9,12,15-17H2,1H3,(H,24,27)(H,25,28)/t19-/m0/s1. The molecule has 1 saturated carbocycles. The van der Waals surface area contributed by atoms with Gasteiger partial charge in [0.2, 0.25) is 5.91 Å². The zero-order valence-electron chi connectivity index (χ0n) is 17.2. The number of likely N-dealkylation sites (tertiary alicyclic amines) is 1. The molecule has 1 aromatic rings. The molecule has 154 valence electrons. The van der Waals surface area contributed by atoms with Gasteiger partial charge in [0.25, 0.3) is 0 Å². The second-order valence-corrected chi connectivity index (χ2v) is 8.55. The van der Waals surface area contributed by atoms with E-state index in [-0.39, 0.29) is 11.9 Å². The van der Waals surface area contributed by atoms with Gasteiger partial charge >= 0.3 is 6.03 Å². The summed E-state index contributed by atoms with van der Waals surface area (Å²) in [5.41, 5.74) is 2.01. The average Bonchev–Trinajstić information content (AvgIpc) is 2.97. The van der Waals surface area contributed by atoms with Gasteiger partial charge in [0.15, 0.2) is 0 Å². The van der Waals surface area contributed by atoms with E-state index in [1.807, 2.05) is 36.1 Å². The highest BCUT2D eigenvalue weighted by Gasteiger charge is 2.24. The number of anilines is 1. The predicted molar refractivity (Wildman–Crippen MR) is 113 cm³/mol. The third-order valence-electron chi connectivity index (χ3n) is 6.11. The maximum absolute atomic E-state index is 12.6. The van der Waals surface area contributed by atoms with Gasteiger partial charge in [-0.25, -0.2) is 4.79 Å². The molecule has 1 aliphatic heterocycles. The Kier molecular flexibility index (Phi) is 7.75. The molecule has 0 bridgehead atoms. The predicted octanol–water partition coefficient (Wildman–Crippen LogP) is 4.86. The number of hydrogen-bond acceptors (Lipinski definition) is 2. The van der Waals surface area contributed by atoms with Crippen molar-refractivity contribution >= 4 is 17.6 Å². The zero-order chi connectivity index (χ0) is 19.8. The van der Waals surface area contributed by atoms with Crippen LogP contribution in [0.25, 0.3) is 0 Å². The van der Waals surface area contributed by atoms with Gasteiger partial charge < -0.3 is 15.5 Å². The normalized spacial score (nSPS) is 21.0. The van der Waals surface area contributed by atoms with Crippen LogP contribution < -0.4 is 10.6 Å². The average molecular weight is 386 g/mol. The maximum atomic E-state index is 12.6. The van der Waals surface area contributed by atoms with Crippen molar-refractivity contribution in [2.45, 2.75) is 77.2 Å². The first-order valence-electron chi connectivity index (χ1n) is 11.0. The Morgan fingerprint density at radius 3 is 2.43 bits per heavy atom. The van der Waals surface area contributed by atoms with E-state index in [1.54, 1.807) is 0 Å². The summed E-state index contributed by atoms with van der Waals surface area (Å²) in [7, 11) is 0. The van der Waals surface area contributed by atoms with Crippen molar-refractivity contribution in [3.8, 4) is 0 Å². The molecule has 1 aliphatic carbocycles. The molecule has 3 rings (SSSR count). The summed E-state index contributed by atoms with van der Waals surface area (Å²) >= 11 is 0. The van der Waals surface area contributed by atoms with Gasteiger partial charge in [0.05, 0.1) is 0 Å². The summed E-state index contributed by atoms with van der Waals surface area (Å²) in [5.74, 6) is 0.602. The minimum atomic E-state index is -0.0311. The molecule has 5 nitrogen and oxygen atoms in total. The fourth-order valence-electron chi connectivity index (χ4n) is 4.38. The Hall–Kier alpha value is -2.04. The molecule has 1 saturated heterocycles.